The van der Waals surface area contributed by atoms with Crippen LogP contribution in [0.1, 0.15) is 62.8 Å². The van der Waals surface area contributed by atoms with Gasteiger partial charge in [0.25, 0.3) is 0 Å². The lowest BCUT2D eigenvalue weighted by Crippen LogP contribution is -2.38. The number of carbonyl (C=O) groups excluding carboxylic acids is 1. The van der Waals surface area contributed by atoms with Crippen LogP contribution in [0.15, 0.2) is 24.4 Å². The van der Waals surface area contributed by atoms with E-state index in [9.17, 15) is 4.79 Å². The standard InChI is InChI=1S/C22H30N4O/c27-22(24-16-5-6-16)25-17-7-9-21-19(13-17)20(14-23-21)15-4-8-18-3-1-2-11-26(18)12-10-15/h7,9,13-16,18,23H,1-6,8,10-12H2,(H2,24,25,27). The maximum Gasteiger partial charge on any atom is 0.319 e. The molecule has 2 aliphatic heterocycles. The Labute approximate surface area is 160 Å². The van der Waals surface area contributed by atoms with Gasteiger partial charge in [-0.1, -0.05) is 6.42 Å². The highest BCUT2D eigenvalue weighted by atomic mass is 16.2. The molecule has 2 atom stereocenters. The highest BCUT2D eigenvalue weighted by Gasteiger charge is 2.29. The summed E-state index contributed by atoms with van der Waals surface area (Å²) in [7, 11) is 0. The van der Waals surface area contributed by atoms with E-state index in [1.54, 1.807) is 0 Å². The summed E-state index contributed by atoms with van der Waals surface area (Å²) in [6, 6.07) is 7.32. The van der Waals surface area contributed by atoms with Crippen LogP contribution in [0.5, 0.6) is 0 Å². The van der Waals surface area contributed by atoms with Crippen molar-refractivity contribution in [2.45, 2.75) is 69.4 Å². The van der Waals surface area contributed by atoms with Gasteiger partial charge in [-0.05, 0) is 87.7 Å². The smallest absolute Gasteiger partial charge is 0.319 e. The predicted molar refractivity (Wildman–Crippen MR) is 109 cm³/mol. The fraction of sp³-hybridized carbons (Fsp3) is 0.591. The first-order valence-corrected chi connectivity index (χ1v) is 10.7. The number of piperidine rings is 1. The number of carbonyl (C=O) groups is 1. The van der Waals surface area contributed by atoms with Gasteiger partial charge >= 0.3 is 6.03 Å². The molecule has 5 rings (SSSR count). The Morgan fingerprint density at radius 3 is 2.85 bits per heavy atom. The molecule has 1 aromatic carbocycles. The number of nitrogens with zero attached hydrogens (tertiary/aromatic N) is 1. The summed E-state index contributed by atoms with van der Waals surface area (Å²) < 4.78 is 0. The van der Waals surface area contributed by atoms with Crippen molar-refractivity contribution >= 4 is 22.6 Å². The quantitative estimate of drug-likeness (QED) is 0.745. The number of aromatic nitrogens is 1. The SMILES string of the molecule is O=C(Nc1ccc2[nH]cc(C3CCC4CCCCN4CC3)c2c1)NC1CC1. The minimum Gasteiger partial charge on any atom is -0.361 e. The predicted octanol–water partition coefficient (Wildman–Crippen LogP) is 4.57. The number of rotatable bonds is 3. The molecule has 3 heterocycles. The van der Waals surface area contributed by atoms with Gasteiger partial charge in [0.15, 0.2) is 0 Å². The maximum absolute atomic E-state index is 12.1. The lowest BCUT2D eigenvalue weighted by Gasteiger charge is -2.33. The van der Waals surface area contributed by atoms with Crippen molar-refractivity contribution in [1.29, 1.82) is 0 Å². The second-order valence-corrected chi connectivity index (χ2v) is 8.63. The lowest BCUT2D eigenvalue weighted by molar-refractivity contribution is 0.151. The van der Waals surface area contributed by atoms with Gasteiger partial charge in [0, 0.05) is 34.9 Å². The third-order valence-corrected chi connectivity index (χ3v) is 6.69. The Balaban J connectivity index is 1.34. The molecule has 0 radical (unpaired) electrons. The highest BCUT2D eigenvalue weighted by molar-refractivity contribution is 5.94. The zero-order valence-electron chi connectivity index (χ0n) is 16.0. The van der Waals surface area contributed by atoms with Crippen LogP contribution in [-0.2, 0) is 0 Å². The van der Waals surface area contributed by atoms with Crippen molar-refractivity contribution in [3.05, 3.63) is 30.0 Å². The van der Waals surface area contributed by atoms with Crippen LogP contribution < -0.4 is 10.6 Å². The number of benzene rings is 1. The molecule has 3 fully saturated rings. The molecule has 1 saturated carbocycles. The van der Waals surface area contributed by atoms with E-state index in [1.165, 1.54) is 68.1 Å². The van der Waals surface area contributed by atoms with Gasteiger partial charge in [0.05, 0.1) is 0 Å². The van der Waals surface area contributed by atoms with Crippen LogP contribution in [0.2, 0.25) is 0 Å². The Kier molecular flexibility index (Phi) is 4.56. The highest BCUT2D eigenvalue weighted by Crippen LogP contribution is 2.37. The van der Waals surface area contributed by atoms with Gasteiger partial charge in [-0.3, -0.25) is 0 Å². The molecule has 5 heteroatoms. The third-order valence-electron chi connectivity index (χ3n) is 6.69. The first-order chi connectivity index (χ1) is 13.3. The van der Waals surface area contributed by atoms with Gasteiger partial charge in [-0.25, -0.2) is 4.79 Å². The van der Waals surface area contributed by atoms with E-state index in [2.05, 4.69) is 38.8 Å². The van der Waals surface area contributed by atoms with E-state index in [4.69, 9.17) is 0 Å². The molecular weight excluding hydrogens is 336 g/mol. The molecule has 2 saturated heterocycles. The zero-order chi connectivity index (χ0) is 18.2. The molecule has 1 aromatic heterocycles. The second-order valence-electron chi connectivity index (χ2n) is 8.63. The summed E-state index contributed by atoms with van der Waals surface area (Å²) >= 11 is 0. The molecular formula is C22H30N4O. The molecule has 144 valence electrons. The van der Waals surface area contributed by atoms with E-state index < -0.39 is 0 Å². The Morgan fingerprint density at radius 2 is 1.96 bits per heavy atom. The Morgan fingerprint density at radius 1 is 1.04 bits per heavy atom. The number of hydrogen-bond acceptors (Lipinski definition) is 2. The number of urea groups is 1. The summed E-state index contributed by atoms with van der Waals surface area (Å²) in [6.45, 7) is 2.51. The van der Waals surface area contributed by atoms with E-state index in [0.29, 0.717) is 12.0 Å². The molecule has 0 spiro atoms. The summed E-state index contributed by atoms with van der Waals surface area (Å²) in [6.07, 6.45) is 12.4. The van der Waals surface area contributed by atoms with Crippen LogP contribution in [-0.4, -0.2) is 41.1 Å². The summed E-state index contributed by atoms with van der Waals surface area (Å²) in [4.78, 5) is 18.3. The number of anilines is 1. The average Bonchev–Trinajstić information content (AvgIpc) is 3.43. The van der Waals surface area contributed by atoms with Gasteiger partial charge in [0.2, 0.25) is 0 Å². The van der Waals surface area contributed by atoms with Gasteiger partial charge < -0.3 is 20.5 Å². The summed E-state index contributed by atoms with van der Waals surface area (Å²) in [5.74, 6) is 0.611. The lowest BCUT2D eigenvalue weighted by atomic mass is 9.90. The van der Waals surface area contributed by atoms with Crippen LogP contribution in [0.25, 0.3) is 10.9 Å². The van der Waals surface area contributed by atoms with Gasteiger partial charge in [-0.15, -0.1) is 0 Å². The number of nitrogens with one attached hydrogen (secondary N) is 3. The number of aromatic amines is 1. The maximum atomic E-state index is 12.1. The molecule has 27 heavy (non-hydrogen) atoms. The van der Waals surface area contributed by atoms with E-state index in [1.807, 2.05) is 6.07 Å². The fourth-order valence-electron chi connectivity index (χ4n) is 4.99. The molecule has 5 nitrogen and oxygen atoms in total. The molecule has 3 aliphatic rings. The Hall–Kier alpha value is -2.01. The monoisotopic (exact) mass is 366 g/mol. The summed E-state index contributed by atoms with van der Waals surface area (Å²) in [5.41, 5.74) is 3.48. The molecule has 1 aliphatic carbocycles. The number of H-pyrrole nitrogens is 1. The topological polar surface area (TPSA) is 60.2 Å². The number of fused-ring (bicyclic) bond motifs is 2. The first-order valence-electron chi connectivity index (χ1n) is 10.7. The average molecular weight is 367 g/mol. The molecule has 2 aromatic rings. The number of amides is 2. The molecule has 2 amide bonds. The van der Waals surface area contributed by atoms with Crippen molar-refractivity contribution < 1.29 is 4.79 Å². The molecule has 3 N–H and O–H groups in total. The fourth-order valence-corrected chi connectivity index (χ4v) is 4.99. The van der Waals surface area contributed by atoms with Crippen LogP contribution in [0.4, 0.5) is 10.5 Å². The van der Waals surface area contributed by atoms with Crippen LogP contribution in [0.3, 0.4) is 0 Å². The van der Waals surface area contributed by atoms with Crippen molar-refractivity contribution in [3.8, 4) is 0 Å². The first kappa shape index (κ1) is 17.1. The normalized spacial score (nSPS) is 26.4. The van der Waals surface area contributed by atoms with Crippen molar-refractivity contribution in [1.82, 2.24) is 15.2 Å². The summed E-state index contributed by atoms with van der Waals surface area (Å²) in [5, 5.41) is 7.27. The van der Waals surface area contributed by atoms with E-state index >= 15 is 0 Å². The molecule has 2 unspecified atom stereocenters. The molecule has 0 bridgehead atoms. The largest absolute Gasteiger partial charge is 0.361 e. The van der Waals surface area contributed by atoms with Crippen molar-refractivity contribution in [3.63, 3.8) is 0 Å². The minimum atomic E-state index is -0.0831. The van der Waals surface area contributed by atoms with E-state index in [-0.39, 0.29) is 6.03 Å². The van der Waals surface area contributed by atoms with Crippen LogP contribution >= 0.6 is 0 Å². The van der Waals surface area contributed by atoms with Crippen molar-refractivity contribution in [2.24, 2.45) is 0 Å². The van der Waals surface area contributed by atoms with E-state index in [0.717, 1.165) is 24.6 Å². The third kappa shape index (κ3) is 3.70. The second kappa shape index (κ2) is 7.19. The van der Waals surface area contributed by atoms with Crippen molar-refractivity contribution in [2.75, 3.05) is 18.4 Å². The number of hydrogen-bond donors (Lipinski definition) is 3. The van der Waals surface area contributed by atoms with Crippen LogP contribution in [0, 0.1) is 0 Å². The zero-order valence-corrected chi connectivity index (χ0v) is 16.0. The van der Waals surface area contributed by atoms with Gasteiger partial charge in [0.1, 0.15) is 0 Å². The minimum absolute atomic E-state index is 0.0831. The Bertz CT molecular complexity index is 809. The van der Waals surface area contributed by atoms with Gasteiger partial charge in [-0.2, -0.15) is 0 Å².